The van der Waals surface area contributed by atoms with Gasteiger partial charge in [0.05, 0.1) is 11.0 Å². The van der Waals surface area contributed by atoms with E-state index in [1.165, 1.54) is 11.3 Å². The molecule has 0 aliphatic heterocycles. The van der Waals surface area contributed by atoms with Crippen molar-refractivity contribution in [3.8, 4) is 0 Å². The molecule has 2 aromatic rings. The molecular formula is C11H9BrClFN2S. The number of aryl methyl sites for hydroxylation is 1. The maximum Gasteiger partial charge on any atom is 0.183 e. The van der Waals surface area contributed by atoms with E-state index in [0.29, 0.717) is 21.0 Å². The van der Waals surface area contributed by atoms with Crippen LogP contribution in [0.2, 0.25) is 4.47 Å². The molecule has 17 heavy (non-hydrogen) atoms. The topological polar surface area (TPSA) is 24.9 Å². The second kappa shape index (κ2) is 5.33. The Hall–Kier alpha value is -0.650. The number of hydrogen-bond acceptors (Lipinski definition) is 3. The first kappa shape index (κ1) is 12.8. The molecule has 0 unspecified atom stereocenters. The molecule has 0 saturated carbocycles. The van der Waals surface area contributed by atoms with Crippen LogP contribution >= 0.6 is 38.9 Å². The van der Waals surface area contributed by atoms with Gasteiger partial charge in [-0.25, -0.2) is 9.37 Å². The summed E-state index contributed by atoms with van der Waals surface area (Å²) in [5.74, 6) is -0.226. The number of benzene rings is 1. The van der Waals surface area contributed by atoms with Crippen molar-refractivity contribution in [1.29, 1.82) is 0 Å². The van der Waals surface area contributed by atoms with Gasteiger partial charge in [-0.05, 0) is 40.5 Å². The minimum Gasteiger partial charge on any atom is -0.380 e. The maximum absolute atomic E-state index is 13.4. The van der Waals surface area contributed by atoms with E-state index in [-0.39, 0.29) is 5.82 Å². The Morgan fingerprint density at radius 1 is 1.53 bits per heavy atom. The smallest absolute Gasteiger partial charge is 0.183 e. The molecule has 0 atom stereocenters. The van der Waals surface area contributed by atoms with Gasteiger partial charge in [-0.3, -0.25) is 0 Å². The lowest BCUT2D eigenvalue weighted by atomic mass is 10.2. The number of thiazole rings is 1. The average molecular weight is 336 g/mol. The lowest BCUT2D eigenvalue weighted by molar-refractivity contribution is 0.612. The number of anilines is 1. The molecule has 0 amide bonds. The van der Waals surface area contributed by atoms with E-state index in [1.807, 2.05) is 0 Å². The Kier molecular flexibility index (Phi) is 4.01. The second-order valence-corrected chi connectivity index (χ2v) is 6.07. The molecule has 0 bridgehead atoms. The molecule has 2 nitrogen and oxygen atoms in total. The predicted octanol–water partition coefficient (Wildman–Crippen LogP) is 4.62. The van der Waals surface area contributed by atoms with Gasteiger partial charge >= 0.3 is 0 Å². The van der Waals surface area contributed by atoms with E-state index < -0.39 is 0 Å². The van der Waals surface area contributed by atoms with Gasteiger partial charge in [0.1, 0.15) is 5.82 Å². The molecule has 0 spiro atoms. The third kappa shape index (κ3) is 3.18. The third-order valence-corrected chi connectivity index (χ3v) is 3.89. The molecule has 0 aliphatic rings. The first-order valence-corrected chi connectivity index (χ1v) is 6.84. The van der Waals surface area contributed by atoms with E-state index in [1.54, 1.807) is 25.3 Å². The molecule has 1 N–H and O–H groups in total. The van der Waals surface area contributed by atoms with Gasteiger partial charge in [-0.15, -0.1) is 11.3 Å². The van der Waals surface area contributed by atoms with Crippen LogP contribution in [0, 0.1) is 12.7 Å². The molecule has 1 aromatic heterocycles. The summed E-state index contributed by atoms with van der Waals surface area (Å²) < 4.78 is 14.4. The summed E-state index contributed by atoms with van der Waals surface area (Å²) >= 11 is 10.3. The molecule has 0 aliphatic carbocycles. The van der Waals surface area contributed by atoms with Crippen LogP contribution in [-0.4, -0.2) is 4.98 Å². The Bertz CT molecular complexity index is 521. The van der Waals surface area contributed by atoms with Crippen molar-refractivity contribution in [3.05, 3.63) is 43.5 Å². The van der Waals surface area contributed by atoms with E-state index >= 15 is 0 Å². The molecule has 0 fully saturated rings. The zero-order valence-corrected chi connectivity index (χ0v) is 12.1. The summed E-state index contributed by atoms with van der Waals surface area (Å²) in [6, 6.07) is 3.48. The van der Waals surface area contributed by atoms with Crippen LogP contribution < -0.4 is 5.32 Å². The summed E-state index contributed by atoms with van der Waals surface area (Å²) in [5, 5.41) is 3.20. The lowest BCUT2D eigenvalue weighted by Gasteiger charge is -2.07. The minimum atomic E-state index is -0.226. The molecule has 0 radical (unpaired) electrons. The van der Waals surface area contributed by atoms with E-state index in [4.69, 9.17) is 11.6 Å². The van der Waals surface area contributed by atoms with E-state index in [0.717, 1.165) is 10.6 Å². The Balaban J connectivity index is 2.09. The van der Waals surface area contributed by atoms with Gasteiger partial charge in [0.2, 0.25) is 0 Å². The zero-order chi connectivity index (χ0) is 12.4. The number of aromatic nitrogens is 1. The normalized spacial score (nSPS) is 10.6. The fourth-order valence-corrected chi connectivity index (χ4v) is 2.86. The molecule has 0 saturated heterocycles. The average Bonchev–Trinajstić information content (AvgIpc) is 2.69. The first-order valence-electron chi connectivity index (χ1n) is 4.86. The van der Waals surface area contributed by atoms with Crippen LogP contribution in [-0.2, 0) is 6.54 Å². The monoisotopic (exact) mass is 334 g/mol. The number of rotatable bonds is 3. The van der Waals surface area contributed by atoms with E-state index in [2.05, 4.69) is 26.2 Å². The summed E-state index contributed by atoms with van der Waals surface area (Å²) in [7, 11) is 0. The number of halogens is 3. The van der Waals surface area contributed by atoms with E-state index in [9.17, 15) is 4.39 Å². The van der Waals surface area contributed by atoms with Crippen molar-refractivity contribution in [3.63, 3.8) is 0 Å². The van der Waals surface area contributed by atoms with Crippen molar-refractivity contribution in [1.82, 2.24) is 4.98 Å². The van der Waals surface area contributed by atoms with Crippen molar-refractivity contribution in [2.45, 2.75) is 13.5 Å². The Morgan fingerprint density at radius 2 is 2.29 bits per heavy atom. The number of nitrogens with zero attached hydrogens (tertiary/aromatic N) is 1. The van der Waals surface area contributed by atoms with Crippen molar-refractivity contribution in [2.24, 2.45) is 0 Å². The van der Waals surface area contributed by atoms with Gasteiger partial charge in [0.15, 0.2) is 4.47 Å². The van der Waals surface area contributed by atoms with Crippen LogP contribution in [0.5, 0.6) is 0 Å². The Morgan fingerprint density at radius 3 is 2.88 bits per heavy atom. The minimum absolute atomic E-state index is 0.226. The highest BCUT2D eigenvalue weighted by atomic mass is 79.9. The lowest BCUT2D eigenvalue weighted by Crippen LogP contribution is -1.98. The van der Waals surface area contributed by atoms with Crippen molar-refractivity contribution in [2.75, 3.05) is 5.32 Å². The zero-order valence-electron chi connectivity index (χ0n) is 8.93. The summed E-state index contributed by atoms with van der Waals surface area (Å²) in [5.41, 5.74) is 1.46. The second-order valence-electron chi connectivity index (χ2n) is 3.52. The number of nitrogens with one attached hydrogen (secondary N) is 1. The largest absolute Gasteiger partial charge is 0.380 e. The number of hydrogen-bond donors (Lipinski definition) is 1. The predicted molar refractivity (Wildman–Crippen MR) is 73.3 cm³/mol. The van der Waals surface area contributed by atoms with Gasteiger partial charge in [0.25, 0.3) is 0 Å². The summed E-state index contributed by atoms with van der Waals surface area (Å²) in [4.78, 5) is 4.99. The highest BCUT2D eigenvalue weighted by molar-refractivity contribution is 9.10. The highest BCUT2D eigenvalue weighted by Gasteiger charge is 2.06. The summed E-state index contributed by atoms with van der Waals surface area (Å²) in [6.07, 6.45) is 1.73. The fraction of sp³-hybridized carbons (Fsp3) is 0.182. The van der Waals surface area contributed by atoms with Crippen LogP contribution in [0.1, 0.15) is 10.4 Å². The SMILES string of the molecule is Cc1cc(NCc2cnc(Cl)s2)cc(Br)c1F. The van der Waals surface area contributed by atoms with Crippen molar-refractivity contribution >= 4 is 44.6 Å². The van der Waals surface area contributed by atoms with Gasteiger partial charge in [-0.2, -0.15) is 0 Å². The van der Waals surface area contributed by atoms with Crippen LogP contribution in [0.25, 0.3) is 0 Å². The van der Waals surface area contributed by atoms with Crippen LogP contribution in [0.4, 0.5) is 10.1 Å². The quantitative estimate of drug-likeness (QED) is 0.885. The Labute approximate surface area is 116 Å². The summed E-state index contributed by atoms with van der Waals surface area (Å²) in [6.45, 7) is 2.36. The molecule has 90 valence electrons. The molecule has 2 rings (SSSR count). The maximum atomic E-state index is 13.4. The third-order valence-electron chi connectivity index (χ3n) is 2.20. The van der Waals surface area contributed by atoms with Crippen molar-refractivity contribution < 1.29 is 4.39 Å². The standard InChI is InChI=1S/C11H9BrClFN2S/c1-6-2-7(3-9(12)10(6)14)15-4-8-5-16-11(13)17-8/h2-3,5,15H,4H2,1H3. The molecule has 6 heteroatoms. The first-order chi connectivity index (χ1) is 8.06. The fourth-order valence-electron chi connectivity index (χ4n) is 1.38. The molecule has 1 aromatic carbocycles. The van der Waals surface area contributed by atoms with Crippen LogP contribution in [0.15, 0.2) is 22.8 Å². The molecule has 1 heterocycles. The highest BCUT2D eigenvalue weighted by Crippen LogP contribution is 2.25. The van der Waals surface area contributed by atoms with Gasteiger partial charge in [0, 0.05) is 16.8 Å². The van der Waals surface area contributed by atoms with Gasteiger partial charge < -0.3 is 5.32 Å². The molecular weight excluding hydrogens is 327 g/mol. The van der Waals surface area contributed by atoms with Crippen LogP contribution in [0.3, 0.4) is 0 Å². The van der Waals surface area contributed by atoms with Gasteiger partial charge in [-0.1, -0.05) is 11.6 Å².